The van der Waals surface area contributed by atoms with Gasteiger partial charge in [0.25, 0.3) is 0 Å². The van der Waals surface area contributed by atoms with Gasteiger partial charge in [-0.05, 0) is 55.0 Å². The fourth-order valence-electron chi connectivity index (χ4n) is 2.24. The molecule has 0 aromatic heterocycles. The van der Waals surface area contributed by atoms with Crippen LogP contribution < -0.4 is 5.32 Å². The molecule has 1 unspecified atom stereocenters. The molecule has 3 heteroatoms. The monoisotopic (exact) mass is 255 g/mol. The first-order chi connectivity index (χ1) is 8.07. The summed E-state index contributed by atoms with van der Waals surface area (Å²) in [6, 6.07) is 4.81. The first kappa shape index (κ1) is 12.8. The first-order valence-corrected chi connectivity index (χ1v) is 6.63. The van der Waals surface area contributed by atoms with Gasteiger partial charge in [0.2, 0.25) is 0 Å². The van der Waals surface area contributed by atoms with E-state index >= 15 is 0 Å². The number of benzene rings is 1. The van der Waals surface area contributed by atoms with Gasteiger partial charge in [0.1, 0.15) is 5.82 Å². The summed E-state index contributed by atoms with van der Waals surface area (Å²) in [5.41, 5.74) is 1.15. The summed E-state index contributed by atoms with van der Waals surface area (Å²) in [6.07, 6.45) is 3.43. The van der Waals surface area contributed by atoms with E-state index in [-0.39, 0.29) is 17.3 Å². The maximum Gasteiger partial charge on any atom is 0.123 e. The van der Waals surface area contributed by atoms with Gasteiger partial charge in [0, 0.05) is 11.1 Å². The van der Waals surface area contributed by atoms with Crippen LogP contribution in [0.3, 0.4) is 0 Å². The molecule has 0 saturated heterocycles. The Morgan fingerprint density at radius 1 is 1.47 bits per heavy atom. The topological polar surface area (TPSA) is 12.0 Å². The molecule has 1 atom stereocenters. The van der Waals surface area contributed by atoms with Crippen molar-refractivity contribution in [3.8, 4) is 0 Å². The molecule has 0 radical (unpaired) electrons. The van der Waals surface area contributed by atoms with Gasteiger partial charge in [-0.25, -0.2) is 4.39 Å². The predicted octanol–water partition coefficient (Wildman–Crippen LogP) is 4.32. The molecule has 1 N–H and O–H groups in total. The van der Waals surface area contributed by atoms with E-state index in [1.165, 1.54) is 18.9 Å². The number of nitrogens with one attached hydrogen (secondary N) is 1. The average molecular weight is 256 g/mol. The van der Waals surface area contributed by atoms with Crippen LogP contribution >= 0.6 is 11.6 Å². The number of halogens is 2. The Kier molecular flexibility index (Phi) is 3.74. The summed E-state index contributed by atoms with van der Waals surface area (Å²) in [4.78, 5) is 0. The molecule has 1 aromatic rings. The molecule has 2 rings (SSSR count). The van der Waals surface area contributed by atoms with Crippen molar-refractivity contribution in [2.24, 2.45) is 5.41 Å². The quantitative estimate of drug-likeness (QED) is 0.826. The molecule has 1 saturated carbocycles. The van der Waals surface area contributed by atoms with Gasteiger partial charge in [-0.1, -0.05) is 25.4 Å². The molecular formula is C14H19ClFN. The molecule has 1 aliphatic carbocycles. The summed E-state index contributed by atoms with van der Waals surface area (Å²) in [7, 11) is 0. The Labute approximate surface area is 107 Å². The molecule has 0 spiro atoms. The van der Waals surface area contributed by atoms with Gasteiger partial charge >= 0.3 is 0 Å². The van der Waals surface area contributed by atoms with E-state index < -0.39 is 0 Å². The molecule has 0 bridgehead atoms. The zero-order valence-corrected chi connectivity index (χ0v) is 11.1. The zero-order valence-electron chi connectivity index (χ0n) is 10.4. The van der Waals surface area contributed by atoms with Crippen molar-refractivity contribution in [1.82, 2.24) is 5.32 Å². The molecule has 1 aliphatic rings. The highest BCUT2D eigenvalue weighted by atomic mass is 35.5. The fourth-order valence-corrected chi connectivity index (χ4v) is 2.47. The second-order valence-electron chi connectivity index (χ2n) is 5.21. The fraction of sp³-hybridized carbons (Fsp3) is 0.571. The molecule has 0 amide bonds. The third kappa shape index (κ3) is 2.80. The summed E-state index contributed by atoms with van der Waals surface area (Å²) < 4.78 is 13.4. The van der Waals surface area contributed by atoms with E-state index in [4.69, 9.17) is 11.6 Å². The SMILES string of the molecule is CCCNC(c1cc(F)ccc1Cl)C1(C)CC1. The van der Waals surface area contributed by atoms with Crippen LogP contribution in [0.5, 0.6) is 0 Å². The minimum Gasteiger partial charge on any atom is -0.309 e. The maximum atomic E-state index is 13.4. The molecule has 0 heterocycles. The van der Waals surface area contributed by atoms with Crippen molar-refractivity contribution < 1.29 is 4.39 Å². The van der Waals surface area contributed by atoms with Crippen molar-refractivity contribution in [2.45, 2.75) is 39.2 Å². The number of hydrogen-bond donors (Lipinski definition) is 1. The molecule has 1 fully saturated rings. The molecule has 17 heavy (non-hydrogen) atoms. The molecular weight excluding hydrogens is 237 g/mol. The van der Waals surface area contributed by atoms with Gasteiger partial charge in [-0.3, -0.25) is 0 Å². The highest BCUT2D eigenvalue weighted by Crippen LogP contribution is 2.55. The van der Waals surface area contributed by atoms with Crippen LogP contribution in [-0.2, 0) is 0 Å². The Morgan fingerprint density at radius 2 is 2.18 bits per heavy atom. The van der Waals surface area contributed by atoms with Crippen molar-refractivity contribution in [2.75, 3.05) is 6.54 Å². The van der Waals surface area contributed by atoms with E-state index in [1.807, 2.05) is 0 Å². The lowest BCUT2D eigenvalue weighted by molar-refractivity contribution is 0.365. The van der Waals surface area contributed by atoms with Gasteiger partial charge in [0.15, 0.2) is 0 Å². The van der Waals surface area contributed by atoms with Crippen molar-refractivity contribution >= 4 is 11.6 Å². The second kappa shape index (κ2) is 4.95. The summed E-state index contributed by atoms with van der Waals surface area (Å²) in [5.74, 6) is -0.211. The maximum absolute atomic E-state index is 13.4. The molecule has 1 aromatic carbocycles. The van der Waals surface area contributed by atoms with Crippen LogP contribution in [0.25, 0.3) is 0 Å². The lowest BCUT2D eigenvalue weighted by atomic mass is 9.91. The third-order valence-electron chi connectivity index (χ3n) is 3.60. The average Bonchev–Trinajstić information content (AvgIpc) is 3.03. The minimum absolute atomic E-state index is 0.172. The standard InChI is InChI=1S/C14H19ClFN/c1-3-8-17-13(14(2)6-7-14)11-9-10(16)4-5-12(11)15/h4-5,9,13,17H,3,6-8H2,1-2H3. The van der Waals surface area contributed by atoms with Gasteiger partial charge in [0.05, 0.1) is 0 Å². The van der Waals surface area contributed by atoms with Crippen LogP contribution in [0.2, 0.25) is 5.02 Å². The highest BCUT2D eigenvalue weighted by Gasteiger charge is 2.45. The number of hydrogen-bond acceptors (Lipinski definition) is 1. The highest BCUT2D eigenvalue weighted by molar-refractivity contribution is 6.31. The van der Waals surface area contributed by atoms with Crippen LogP contribution in [0, 0.1) is 11.2 Å². The summed E-state index contributed by atoms with van der Waals surface area (Å²) in [6.45, 7) is 5.31. The van der Waals surface area contributed by atoms with Gasteiger partial charge in [-0.15, -0.1) is 0 Å². The molecule has 94 valence electrons. The first-order valence-electron chi connectivity index (χ1n) is 6.25. The lowest BCUT2D eigenvalue weighted by Gasteiger charge is -2.26. The van der Waals surface area contributed by atoms with E-state index in [1.54, 1.807) is 12.1 Å². The van der Waals surface area contributed by atoms with Crippen LogP contribution in [-0.4, -0.2) is 6.54 Å². The van der Waals surface area contributed by atoms with E-state index in [2.05, 4.69) is 19.2 Å². The zero-order chi connectivity index (χ0) is 12.5. The largest absolute Gasteiger partial charge is 0.309 e. The Balaban J connectivity index is 2.28. The van der Waals surface area contributed by atoms with Crippen LogP contribution in [0.15, 0.2) is 18.2 Å². The second-order valence-corrected chi connectivity index (χ2v) is 5.61. The Bertz CT molecular complexity index is 401. The van der Waals surface area contributed by atoms with E-state index in [0.717, 1.165) is 18.5 Å². The van der Waals surface area contributed by atoms with Crippen molar-refractivity contribution in [3.63, 3.8) is 0 Å². The van der Waals surface area contributed by atoms with Gasteiger partial charge < -0.3 is 5.32 Å². The van der Waals surface area contributed by atoms with Crippen molar-refractivity contribution in [1.29, 1.82) is 0 Å². The smallest absolute Gasteiger partial charge is 0.123 e. The van der Waals surface area contributed by atoms with Crippen LogP contribution in [0.1, 0.15) is 44.7 Å². The van der Waals surface area contributed by atoms with Crippen molar-refractivity contribution in [3.05, 3.63) is 34.6 Å². The Hall–Kier alpha value is -0.600. The molecule has 1 nitrogen and oxygen atoms in total. The normalized spacial score (nSPS) is 19.1. The minimum atomic E-state index is -0.211. The lowest BCUT2D eigenvalue weighted by Crippen LogP contribution is -2.29. The summed E-state index contributed by atoms with van der Waals surface area (Å²) >= 11 is 6.20. The van der Waals surface area contributed by atoms with E-state index in [9.17, 15) is 4.39 Å². The predicted molar refractivity (Wildman–Crippen MR) is 69.8 cm³/mol. The Morgan fingerprint density at radius 3 is 2.76 bits per heavy atom. The van der Waals surface area contributed by atoms with E-state index in [0.29, 0.717) is 5.02 Å². The third-order valence-corrected chi connectivity index (χ3v) is 3.95. The number of rotatable bonds is 5. The van der Waals surface area contributed by atoms with Crippen LogP contribution in [0.4, 0.5) is 4.39 Å². The molecule has 0 aliphatic heterocycles. The summed E-state index contributed by atoms with van der Waals surface area (Å²) in [5, 5.41) is 4.17. The van der Waals surface area contributed by atoms with Gasteiger partial charge in [-0.2, -0.15) is 0 Å².